The summed E-state index contributed by atoms with van der Waals surface area (Å²) in [4.78, 5) is 18.8. The fourth-order valence-corrected chi connectivity index (χ4v) is 1.09. The van der Waals surface area contributed by atoms with E-state index in [0.29, 0.717) is 12.2 Å². The lowest BCUT2D eigenvalue weighted by atomic mass is 10.3. The largest absolute Gasteiger partial charge is 0.397 e. The maximum atomic E-state index is 11.4. The van der Waals surface area contributed by atoms with Crippen molar-refractivity contribution in [3.05, 3.63) is 18.5 Å². The number of anilines is 2. The van der Waals surface area contributed by atoms with Crippen LogP contribution in [-0.2, 0) is 4.79 Å². The number of aromatic nitrogens is 1. The minimum absolute atomic E-state index is 0.0416. The normalized spacial score (nSPS) is 9.80. The summed E-state index contributed by atoms with van der Waals surface area (Å²) >= 11 is 0. The van der Waals surface area contributed by atoms with Crippen LogP contribution in [0.15, 0.2) is 18.5 Å². The first-order valence-electron chi connectivity index (χ1n) is 4.62. The number of likely N-dealkylation sites (N-methyl/N-ethyl adjacent to an activating group) is 2. The number of nitrogen functional groups attached to an aromatic ring is 1. The number of rotatable bonds is 3. The molecule has 0 aliphatic carbocycles. The minimum atomic E-state index is 0.0416. The van der Waals surface area contributed by atoms with Crippen LogP contribution in [0.2, 0.25) is 0 Å². The van der Waals surface area contributed by atoms with E-state index in [1.54, 1.807) is 37.5 Å². The molecular formula is C10H16N4O. The van der Waals surface area contributed by atoms with Crippen LogP contribution >= 0.6 is 0 Å². The zero-order valence-electron chi connectivity index (χ0n) is 9.27. The van der Waals surface area contributed by atoms with Gasteiger partial charge in [-0.15, -0.1) is 0 Å². The molecule has 1 aromatic rings. The molecule has 0 radical (unpaired) electrons. The van der Waals surface area contributed by atoms with Crippen molar-refractivity contribution in [2.45, 2.75) is 0 Å². The second kappa shape index (κ2) is 4.63. The molecule has 1 amide bonds. The van der Waals surface area contributed by atoms with Crippen LogP contribution in [0, 0.1) is 0 Å². The quantitative estimate of drug-likeness (QED) is 0.770. The van der Waals surface area contributed by atoms with Gasteiger partial charge in [0.1, 0.15) is 0 Å². The third-order valence-electron chi connectivity index (χ3n) is 2.06. The zero-order valence-corrected chi connectivity index (χ0v) is 9.27. The highest BCUT2D eigenvalue weighted by Crippen LogP contribution is 2.13. The van der Waals surface area contributed by atoms with Crippen molar-refractivity contribution < 1.29 is 4.79 Å². The van der Waals surface area contributed by atoms with Gasteiger partial charge in [-0.3, -0.25) is 9.78 Å². The Labute approximate surface area is 89.5 Å². The van der Waals surface area contributed by atoms with Gasteiger partial charge in [-0.1, -0.05) is 0 Å². The van der Waals surface area contributed by atoms with Gasteiger partial charge in [0.25, 0.3) is 0 Å². The molecule has 0 aromatic carbocycles. The Morgan fingerprint density at radius 2 is 2.07 bits per heavy atom. The Balaban J connectivity index is 2.69. The maximum Gasteiger partial charge on any atom is 0.241 e. The molecule has 0 saturated heterocycles. The molecule has 5 heteroatoms. The van der Waals surface area contributed by atoms with Crippen molar-refractivity contribution in [1.29, 1.82) is 0 Å². The second-order valence-corrected chi connectivity index (χ2v) is 3.62. The Morgan fingerprint density at radius 3 is 2.60 bits per heavy atom. The van der Waals surface area contributed by atoms with Crippen molar-refractivity contribution in [3.8, 4) is 0 Å². The van der Waals surface area contributed by atoms with Crippen LogP contribution in [0.5, 0.6) is 0 Å². The number of carbonyl (C=O) groups is 1. The predicted octanol–water partition coefficient (Wildman–Crippen LogP) is 0.188. The summed E-state index contributed by atoms with van der Waals surface area (Å²) in [5.41, 5.74) is 7.03. The van der Waals surface area contributed by atoms with Gasteiger partial charge in [-0.05, 0) is 6.07 Å². The first-order valence-corrected chi connectivity index (χ1v) is 4.62. The summed E-state index contributed by atoms with van der Waals surface area (Å²) in [7, 11) is 5.29. The van der Waals surface area contributed by atoms with E-state index in [1.807, 2.05) is 11.9 Å². The van der Waals surface area contributed by atoms with Crippen molar-refractivity contribution in [1.82, 2.24) is 9.88 Å². The van der Waals surface area contributed by atoms with Gasteiger partial charge >= 0.3 is 0 Å². The van der Waals surface area contributed by atoms with E-state index >= 15 is 0 Å². The topological polar surface area (TPSA) is 62.5 Å². The summed E-state index contributed by atoms with van der Waals surface area (Å²) in [6.45, 7) is 0.318. The van der Waals surface area contributed by atoms with Crippen LogP contribution in [0.25, 0.3) is 0 Å². The van der Waals surface area contributed by atoms with Gasteiger partial charge in [-0.25, -0.2) is 0 Å². The van der Waals surface area contributed by atoms with Crippen LogP contribution in [0.1, 0.15) is 0 Å². The van der Waals surface area contributed by atoms with Gasteiger partial charge in [0.15, 0.2) is 0 Å². The molecule has 0 bridgehead atoms. The molecule has 2 N–H and O–H groups in total. The summed E-state index contributed by atoms with van der Waals surface area (Å²) < 4.78 is 0. The molecule has 1 rings (SSSR count). The number of amides is 1. The Kier molecular flexibility index (Phi) is 3.49. The van der Waals surface area contributed by atoms with E-state index in [9.17, 15) is 4.79 Å². The fourth-order valence-electron chi connectivity index (χ4n) is 1.09. The van der Waals surface area contributed by atoms with Crippen LogP contribution in [-0.4, -0.2) is 43.5 Å². The summed E-state index contributed by atoms with van der Waals surface area (Å²) in [5, 5.41) is 0. The maximum absolute atomic E-state index is 11.4. The molecule has 0 aliphatic rings. The number of carbonyl (C=O) groups excluding carboxylic acids is 1. The SMILES string of the molecule is CN(C)C(=O)CN(C)c1cncc(N)c1. The number of hydrogen-bond donors (Lipinski definition) is 1. The van der Waals surface area contributed by atoms with Crippen LogP contribution in [0.4, 0.5) is 11.4 Å². The first-order chi connectivity index (χ1) is 7.00. The number of pyridine rings is 1. The molecule has 15 heavy (non-hydrogen) atoms. The monoisotopic (exact) mass is 208 g/mol. The van der Waals surface area contributed by atoms with Gasteiger partial charge in [-0.2, -0.15) is 0 Å². The molecule has 0 fully saturated rings. The third kappa shape index (κ3) is 3.12. The molecule has 0 aliphatic heterocycles. The van der Waals surface area contributed by atoms with Gasteiger partial charge in [0.2, 0.25) is 5.91 Å². The van der Waals surface area contributed by atoms with Crippen molar-refractivity contribution in [2.75, 3.05) is 38.3 Å². The number of nitrogens with zero attached hydrogens (tertiary/aromatic N) is 3. The van der Waals surface area contributed by atoms with E-state index in [-0.39, 0.29) is 5.91 Å². The highest BCUT2D eigenvalue weighted by atomic mass is 16.2. The third-order valence-corrected chi connectivity index (χ3v) is 2.06. The smallest absolute Gasteiger partial charge is 0.241 e. The van der Waals surface area contributed by atoms with Crippen LogP contribution < -0.4 is 10.6 Å². The Hall–Kier alpha value is -1.78. The lowest BCUT2D eigenvalue weighted by Crippen LogP contribution is -2.34. The fraction of sp³-hybridized carbons (Fsp3) is 0.400. The molecule has 5 nitrogen and oxygen atoms in total. The molecule has 1 aromatic heterocycles. The highest BCUT2D eigenvalue weighted by molar-refractivity contribution is 5.80. The van der Waals surface area contributed by atoms with Crippen molar-refractivity contribution in [2.24, 2.45) is 0 Å². The Morgan fingerprint density at radius 1 is 1.40 bits per heavy atom. The summed E-state index contributed by atoms with van der Waals surface area (Å²) in [5.74, 6) is 0.0416. The molecule has 82 valence electrons. The molecule has 0 atom stereocenters. The summed E-state index contributed by atoms with van der Waals surface area (Å²) in [6.07, 6.45) is 3.25. The van der Waals surface area contributed by atoms with E-state index < -0.39 is 0 Å². The molecule has 0 spiro atoms. The van der Waals surface area contributed by atoms with E-state index in [1.165, 1.54) is 0 Å². The van der Waals surface area contributed by atoms with Gasteiger partial charge < -0.3 is 15.5 Å². The van der Waals surface area contributed by atoms with Crippen molar-refractivity contribution >= 4 is 17.3 Å². The molecule has 0 saturated carbocycles. The van der Waals surface area contributed by atoms with E-state index in [0.717, 1.165) is 5.69 Å². The van der Waals surface area contributed by atoms with E-state index in [4.69, 9.17) is 5.73 Å². The number of hydrogen-bond acceptors (Lipinski definition) is 4. The van der Waals surface area contributed by atoms with Gasteiger partial charge in [0, 0.05) is 27.3 Å². The lowest BCUT2D eigenvalue weighted by Gasteiger charge is -2.20. The lowest BCUT2D eigenvalue weighted by molar-refractivity contribution is -0.127. The second-order valence-electron chi connectivity index (χ2n) is 3.62. The molecular weight excluding hydrogens is 192 g/mol. The first kappa shape index (κ1) is 11.3. The number of nitrogens with two attached hydrogens (primary N) is 1. The average Bonchev–Trinajstić information content (AvgIpc) is 2.17. The minimum Gasteiger partial charge on any atom is -0.397 e. The zero-order chi connectivity index (χ0) is 11.4. The molecule has 0 unspecified atom stereocenters. The molecule has 1 heterocycles. The average molecular weight is 208 g/mol. The van der Waals surface area contributed by atoms with Gasteiger partial charge in [0.05, 0.1) is 24.1 Å². The standard InChI is InChI=1S/C10H16N4O/c1-13(2)10(15)7-14(3)9-4-8(11)5-12-6-9/h4-6H,7,11H2,1-3H3. The van der Waals surface area contributed by atoms with Crippen LogP contribution in [0.3, 0.4) is 0 Å². The predicted molar refractivity (Wildman–Crippen MR) is 60.6 cm³/mol. The Bertz CT molecular complexity index is 351. The summed E-state index contributed by atoms with van der Waals surface area (Å²) in [6, 6.07) is 1.79. The van der Waals surface area contributed by atoms with Crippen molar-refractivity contribution in [3.63, 3.8) is 0 Å². The van der Waals surface area contributed by atoms with E-state index in [2.05, 4.69) is 4.98 Å². The highest BCUT2D eigenvalue weighted by Gasteiger charge is 2.09.